The Bertz CT molecular complexity index is 1080. The Kier molecular flexibility index (Phi) is 12.6. The van der Waals surface area contributed by atoms with E-state index in [4.69, 9.17) is 14.2 Å². The van der Waals surface area contributed by atoms with Gasteiger partial charge in [-0.1, -0.05) is 37.3 Å². The number of carboxylic acid groups (broad SMARTS) is 1. The van der Waals surface area contributed by atoms with Crippen molar-refractivity contribution in [2.24, 2.45) is 5.92 Å². The maximum absolute atomic E-state index is 13.1. The van der Waals surface area contributed by atoms with Crippen LogP contribution in [0.3, 0.4) is 0 Å². The smallest absolute Gasteiger partial charge is 0.410 e. The van der Waals surface area contributed by atoms with Crippen LogP contribution in [0.4, 0.5) is 9.59 Å². The molecule has 0 aliphatic carbocycles. The predicted molar refractivity (Wildman–Crippen MR) is 152 cm³/mol. The molecule has 0 saturated carbocycles. The Morgan fingerprint density at radius 2 is 1.50 bits per heavy atom. The zero-order chi connectivity index (χ0) is 31.6. The van der Waals surface area contributed by atoms with E-state index in [1.54, 1.807) is 37.5 Å². The fourth-order valence-electron chi connectivity index (χ4n) is 4.34. The highest BCUT2D eigenvalue weighted by molar-refractivity contribution is 5.89. The second-order valence-corrected chi connectivity index (χ2v) is 11.4. The number of carboxylic acids is 1. The van der Waals surface area contributed by atoms with Gasteiger partial charge in [0.1, 0.15) is 30.9 Å². The maximum atomic E-state index is 13.1. The number of carbonyl (C=O) groups is 5. The van der Waals surface area contributed by atoms with Crippen molar-refractivity contribution in [3.8, 4) is 0 Å². The molecule has 0 spiro atoms. The van der Waals surface area contributed by atoms with Crippen molar-refractivity contribution in [2.75, 3.05) is 53.5 Å². The summed E-state index contributed by atoms with van der Waals surface area (Å²) in [5.41, 5.74) is 0.129. The average Bonchev–Trinajstić information content (AvgIpc) is 2.94. The largest absolute Gasteiger partial charge is 0.480 e. The Hall–Kier alpha value is -3.87. The third-order valence-corrected chi connectivity index (χ3v) is 6.88. The summed E-state index contributed by atoms with van der Waals surface area (Å²) in [7, 11) is 2.76. The van der Waals surface area contributed by atoms with Crippen LogP contribution in [-0.2, 0) is 35.2 Å². The van der Waals surface area contributed by atoms with Gasteiger partial charge in [0.05, 0.1) is 6.61 Å². The van der Waals surface area contributed by atoms with Gasteiger partial charge in [-0.15, -0.1) is 0 Å². The number of nitrogens with zero attached hydrogens (tertiary/aromatic N) is 4. The van der Waals surface area contributed by atoms with Gasteiger partial charge in [-0.2, -0.15) is 0 Å². The number of ether oxygens (including phenoxy) is 3. The van der Waals surface area contributed by atoms with Crippen LogP contribution >= 0.6 is 0 Å². The van der Waals surface area contributed by atoms with Gasteiger partial charge in [0.2, 0.25) is 11.8 Å². The number of hydrogen-bond donors (Lipinski definition) is 1. The first kappa shape index (κ1) is 34.3. The fraction of sp³-hybridized carbons (Fsp3) is 0.621. The predicted octanol–water partition coefficient (Wildman–Crippen LogP) is 2.29. The number of amides is 4. The summed E-state index contributed by atoms with van der Waals surface area (Å²) in [6, 6.07) is 7.11. The molecule has 0 unspecified atom stereocenters. The standard InChI is InChI=1S/C29H44N4O9/c1-20(24(26(36)37)31(7)25(35)21(2)30(6)27(38)42-29(3,4)5)17-40-19-23(34)32-13-15-33(16-14-32)28(39)41-18-22-11-9-8-10-12-22/h8-12,20-21,24H,13-19H2,1-7H3,(H,36,37)/t20-,21-,24+/m1/s1. The van der Waals surface area contributed by atoms with Crippen LogP contribution in [-0.4, -0.2) is 126 Å². The molecule has 2 rings (SSSR count). The van der Waals surface area contributed by atoms with Gasteiger partial charge in [-0.3, -0.25) is 14.5 Å². The number of rotatable bonds is 11. The van der Waals surface area contributed by atoms with Gasteiger partial charge in [-0.25, -0.2) is 14.4 Å². The molecule has 42 heavy (non-hydrogen) atoms. The number of piperazine rings is 1. The van der Waals surface area contributed by atoms with Crippen molar-refractivity contribution >= 4 is 30.0 Å². The molecule has 0 bridgehead atoms. The van der Waals surface area contributed by atoms with Gasteiger partial charge in [-0.05, 0) is 33.3 Å². The minimum atomic E-state index is -1.26. The number of aliphatic carboxylic acids is 1. The average molecular weight is 593 g/mol. The molecule has 1 aliphatic heterocycles. The third kappa shape index (κ3) is 10.2. The summed E-state index contributed by atoms with van der Waals surface area (Å²) in [5.74, 6) is -2.78. The van der Waals surface area contributed by atoms with Gasteiger partial charge < -0.3 is 34.0 Å². The monoisotopic (exact) mass is 592 g/mol. The summed E-state index contributed by atoms with van der Waals surface area (Å²) in [6.07, 6.45) is -1.15. The Morgan fingerprint density at radius 3 is 2.05 bits per heavy atom. The lowest BCUT2D eigenvalue weighted by Crippen LogP contribution is -2.54. The summed E-state index contributed by atoms with van der Waals surface area (Å²) < 4.78 is 16.2. The Morgan fingerprint density at radius 1 is 0.929 bits per heavy atom. The number of likely N-dealkylation sites (N-methyl/N-ethyl adjacent to an activating group) is 2. The van der Waals surface area contributed by atoms with Crippen LogP contribution in [0.15, 0.2) is 30.3 Å². The van der Waals surface area contributed by atoms with E-state index < -0.39 is 47.7 Å². The molecule has 1 N–H and O–H groups in total. The van der Waals surface area contributed by atoms with Gasteiger partial charge in [0.15, 0.2) is 0 Å². The SMILES string of the molecule is C[C@H](COCC(=O)N1CCN(C(=O)OCc2ccccc2)CC1)[C@@H](C(=O)O)N(C)C(=O)[C@@H](C)N(C)C(=O)OC(C)(C)C. The van der Waals surface area contributed by atoms with Crippen LogP contribution in [0.2, 0.25) is 0 Å². The van der Waals surface area contributed by atoms with Gasteiger partial charge in [0, 0.05) is 46.2 Å². The molecule has 234 valence electrons. The molecule has 1 aliphatic rings. The van der Waals surface area contributed by atoms with Crippen molar-refractivity contribution in [3.63, 3.8) is 0 Å². The molecule has 13 nitrogen and oxygen atoms in total. The van der Waals surface area contributed by atoms with E-state index in [0.717, 1.165) is 15.4 Å². The van der Waals surface area contributed by atoms with E-state index in [2.05, 4.69) is 0 Å². The molecule has 0 aromatic heterocycles. The van der Waals surface area contributed by atoms with Crippen LogP contribution in [0.25, 0.3) is 0 Å². The van der Waals surface area contributed by atoms with Crippen molar-refractivity contribution in [3.05, 3.63) is 35.9 Å². The second-order valence-electron chi connectivity index (χ2n) is 11.4. The molecule has 1 fully saturated rings. The van der Waals surface area contributed by atoms with E-state index in [9.17, 15) is 29.1 Å². The first-order valence-corrected chi connectivity index (χ1v) is 13.9. The summed E-state index contributed by atoms with van der Waals surface area (Å²) in [5, 5.41) is 9.86. The minimum Gasteiger partial charge on any atom is -0.480 e. The number of carbonyl (C=O) groups excluding carboxylic acids is 4. The summed E-state index contributed by atoms with van der Waals surface area (Å²) in [6.45, 7) is 9.28. The zero-order valence-corrected chi connectivity index (χ0v) is 25.6. The number of benzene rings is 1. The first-order chi connectivity index (χ1) is 19.6. The fourth-order valence-corrected chi connectivity index (χ4v) is 4.34. The lowest BCUT2D eigenvalue weighted by Gasteiger charge is -2.35. The van der Waals surface area contributed by atoms with Crippen LogP contribution in [0.1, 0.15) is 40.2 Å². The van der Waals surface area contributed by atoms with Crippen LogP contribution < -0.4 is 0 Å². The number of hydrogen-bond acceptors (Lipinski definition) is 8. The normalized spacial score (nSPS) is 15.7. The third-order valence-electron chi connectivity index (χ3n) is 6.88. The summed E-state index contributed by atoms with van der Waals surface area (Å²) >= 11 is 0. The van der Waals surface area contributed by atoms with E-state index in [0.29, 0.717) is 26.2 Å². The minimum absolute atomic E-state index is 0.0949. The highest BCUT2D eigenvalue weighted by Gasteiger charge is 2.37. The van der Waals surface area contributed by atoms with E-state index in [-0.39, 0.29) is 25.7 Å². The quantitative estimate of drug-likeness (QED) is 0.409. The lowest BCUT2D eigenvalue weighted by molar-refractivity contribution is -0.154. The van der Waals surface area contributed by atoms with Crippen molar-refractivity contribution < 1.29 is 43.3 Å². The van der Waals surface area contributed by atoms with Crippen molar-refractivity contribution in [2.45, 2.75) is 58.9 Å². The highest BCUT2D eigenvalue weighted by Crippen LogP contribution is 2.16. The summed E-state index contributed by atoms with van der Waals surface area (Å²) in [4.78, 5) is 67.8. The maximum Gasteiger partial charge on any atom is 0.410 e. The molecule has 1 saturated heterocycles. The van der Waals surface area contributed by atoms with E-state index in [1.165, 1.54) is 21.0 Å². The molecular formula is C29H44N4O9. The van der Waals surface area contributed by atoms with Crippen LogP contribution in [0, 0.1) is 5.92 Å². The molecule has 0 radical (unpaired) electrons. The topological polar surface area (TPSA) is 146 Å². The molecular weight excluding hydrogens is 548 g/mol. The molecule has 1 heterocycles. The van der Waals surface area contributed by atoms with Crippen molar-refractivity contribution in [1.82, 2.24) is 19.6 Å². The second kappa shape index (κ2) is 15.4. The molecule has 13 heteroatoms. The molecule has 1 aromatic rings. The van der Waals surface area contributed by atoms with Gasteiger partial charge >= 0.3 is 18.2 Å². The highest BCUT2D eigenvalue weighted by atomic mass is 16.6. The van der Waals surface area contributed by atoms with Crippen LogP contribution in [0.5, 0.6) is 0 Å². The first-order valence-electron chi connectivity index (χ1n) is 13.9. The lowest BCUT2D eigenvalue weighted by atomic mass is 10.0. The van der Waals surface area contributed by atoms with E-state index in [1.807, 2.05) is 30.3 Å². The molecule has 1 aromatic carbocycles. The van der Waals surface area contributed by atoms with Crippen molar-refractivity contribution in [1.29, 1.82) is 0 Å². The van der Waals surface area contributed by atoms with E-state index >= 15 is 0 Å². The Balaban J connectivity index is 1.81. The molecule has 3 atom stereocenters. The zero-order valence-electron chi connectivity index (χ0n) is 25.6. The molecule has 4 amide bonds. The van der Waals surface area contributed by atoms with Gasteiger partial charge in [0.25, 0.3) is 0 Å². The Labute approximate surface area is 247 Å².